The zero-order chi connectivity index (χ0) is 16.5. The highest BCUT2D eigenvalue weighted by Crippen LogP contribution is 2.22. The van der Waals surface area contributed by atoms with Crippen molar-refractivity contribution in [2.45, 2.75) is 51.4 Å². The van der Waals surface area contributed by atoms with E-state index in [4.69, 9.17) is 15.0 Å². The summed E-state index contributed by atoms with van der Waals surface area (Å²) in [6, 6.07) is 4.10. The van der Waals surface area contributed by atoms with Crippen LogP contribution in [0.15, 0.2) is 22.9 Å². The van der Waals surface area contributed by atoms with Crippen LogP contribution in [0, 0.1) is 6.92 Å². The largest absolute Gasteiger partial charge is 0.368 e. The molecule has 8 heteroatoms. The average molecular weight is 328 g/mol. The molecule has 24 heavy (non-hydrogen) atoms. The molecule has 0 saturated heterocycles. The highest BCUT2D eigenvalue weighted by molar-refractivity contribution is 5.56. The van der Waals surface area contributed by atoms with Gasteiger partial charge in [0.05, 0.1) is 6.10 Å². The quantitative estimate of drug-likeness (QED) is 0.779. The Kier molecular flexibility index (Phi) is 3.99. The second-order valence-electron chi connectivity index (χ2n) is 6.25. The molecule has 4 rings (SSSR count). The van der Waals surface area contributed by atoms with Gasteiger partial charge in [0.15, 0.2) is 5.65 Å². The van der Waals surface area contributed by atoms with Gasteiger partial charge in [0.2, 0.25) is 5.82 Å². The highest BCUT2D eigenvalue weighted by atomic mass is 16.5. The second-order valence-corrected chi connectivity index (χ2v) is 6.25. The number of rotatable bonds is 4. The van der Waals surface area contributed by atoms with Crippen molar-refractivity contribution in [2.24, 2.45) is 5.73 Å². The topological polar surface area (TPSA) is 104 Å². The van der Waals surface area contributed by atoms with E-state index in [1.165, 1.54) is 0 Å². The van der Waals surface area contributed by atoms with Crippen LogP contribution >= 0.6 is 0 Å². The lowest BCUT2D eigenvalue weighted by Gasteiger charge is -2.25. The van der Waals surface area contributed by atoms with Crippen molar-refractivity contribution < 1.29 is 9.26 Å². The summed E-state index contributed by atoms with van der Waals surface area (Å²) in [5.41, 5.74) is 7.55. The molecule has 1 saturated carbocycles. The van der Waals surface area contributed by atoms with E-state index in [-0.39, 0.29) is 6.10 Å². The van der Waals surface area contributed by atoms with Gasteiger partial charge in [0.1, 0.15) is 12.4 Å². The Morgan fingerprint density at radius 2 is 2.08 bits per heavy atom. The predicted molar refractivity (Wildman–Crippen MR) is 86.0 cm³/mol. The Morgan fingerprint density at radius 3 is 2.92 bits per heavy atom. The minimum atomic E-state index is 0.233. The summed E-state index contributed by atoms with van der Waals surface area (Å²) in [4.78, 5) is 4.42. The lowest BCUT2D eigenvalue weighted by molar-refractivity contribution is 0.00192. The van der Waals surface area contributed by atoms with Crippen molar-refractivity contribution in [2.75, 3.05) is 0 Å². The molecule has 3 aromatic rings. The lowest BCUT2D eigenvalue weighted by atomic mass is 9.94. The molecular formula is C16H20N6O2. The first-order valence-corrected chi connectivity index (χ1v) is 8.20. The van der Waals surface area contributed by atoms with Gasteiger partial charge in [0, 0.05) is 17.8 Å². The van der Waals surface area contributed by atoms with E-state index >= 15 is 0 Å². The van der Waals surface area contributed by atoms with Gasteiger partial charge in [-0.15, -0.1) is 10.2 Å². The van der Waals surface area contributed by atoms with E-state index < -0.39 is 0 Å². The SMILES string of the molecule is Cc1nnc2ccc(-c3noc(COC4CCC(N)CC4)n3)cn12. The molecule has 8 nitrogen and oxygen atoms in total. The van der Waals surface area contributed by atoms with Gasteiger partial charge in [-0.1, -0.05) is 5.16 Å². The van der Waals surface area contributed by atoms with Gasteiger partial charge in [-0.2, -0.15) is 4.98 Å². The third-order valence-electron chi connectivity index (χ3n) is 4.46. The zero-order valence-corrected chi connectivity index (χ0v) is 13.6. The molecule has 0 atom stereocenters. The molecule has 3 aromatic heterocycles. The Labute approximate surface area is 139 Å². The van der Waals surface area contributed by atoms with Crippen LogP contribution in [0.25, 0.3) is 17.0 Å². The Morgan fingerprint density at radius 1 is 1.25 bits per heavy atom. The maximum absolute atomic E-state index is 5.91. The monoisotopic (exact) mass is 328 g/mol. The Bertz CT molecular complexity index is 834. The summed E-state index contributed by atoms with van der Waals surface area (Å²) in [6.45, 7) is 2.23. The van der Waals surface area contributed by atoms with Crippen molar-refractivity contribution in [3.8, 4) is 11.4 Å². The summed E-state index contributed by atoms with van der Waals surface area (Å²) >= 11 is 0. The van der Waals surface area contributed by atoms with Crippen LogP contribution in [0.2, 0.25) is 0 Å². The summed E-state index contributed by atoms with van der Waals surface area (Å²) in [6.07, 6.45) is 6.15. The van der Waals surface area contributed by atoms with Crippen molar-refractivity contribution in [1.82, 2.24) is 24.7 Å². The molecule has 2 N–H and O–H groups in total. The van der Waals surface area contributed by atoms with Gasteiger partial charge in [-0.3, -0.25) is 4.40 Å². The normalized spacial score (nSPS) is 21.4. The lowest BCUT2D eigenvalue weighted by Crippen LogP contribution is -2.30. The van der Waals surface area contributed by atoms with Gasteiger partial charge in [-0.05, 0) is 44.7 Å². The molecule has 0 aliphatic heterocycles. The van der Waals surface area contributed by atoms with E-state index in [0.29, 0.717) is 24.4 Å². The number of nitrogens with zero attached hydrogens (tertiary/aromatic N) is 5. The van der Waals surface area contributed by atoms with Crippen LogP contribution < -0.4 is 5.73 Å². The molecule has 0 bridgehead atoms. The molecule has 0 unspecified atom stereocenters. The molecule has 1 aliphatic rings. The molecule has 1 aliphatic carbocycles. The van der Waals surface area contributed by atoms with Crippen LogP contribution in [0.1, 0.15) is 37.4 Å². The first-order valence-electron chi connectivity index (χ1n) is 8.20. The smallest absolute Gasteiger partial charge is 0.252 e. The third kappa shape index (κ3) is 3.02. The van der Waals surface area contributed by atoms with Gasteiger partial charge in [-0.25, -0.2) is 0 Å². The van der Waals surface area contributed by atoms with Gasteiger partial charge in [0.25, 0.3) is 5.89 Å². The van der Waals surface area contributed by atoms with Crippen molar-refractivity contribution in [1.29, 1.82) is 0 Å². The Balaban J connectivity index is 1.44. The first kappa shape index (κ1) is 15.2. The van der Waals surface area contributed by atoms with Crippen LogP contribution in [0.4, 0.5) is 0 Å². The number of pyridine rings is 1. The van der Waals surface area contributed by atoms with Crippen molar-refractivity contribution in [3.63, 3.8) is 0 Å². The fraction of sp³-hybridized carbons (Fsp3) is 0.500. The molecule has 0 radical (unpaired) electrons. The molecular weight excluding hydrogens is 308 g/mol. The molecule has 3 heterocycles. The van der Waals surface area contributed by atoms with E-state index in [1.54, 1.807) is 0 Å². The number of fused-ring (bicyclic) bond motifs is 1. The maximum atomic E-state index is 5.91. The summed E-state index contributed by atoms with van der Waals surface area (Å²) in [5, 5.41) is 12.1. The van der Waals surface area contributed by atoms with E-state index in [1.807, 2.05) is 29.7 Å². The molecule has 0 amide bonds. The maximum Gasteiger partial charge on any atom is 0.252 e. The predicted octanol–water partition coefficient (Wildman–Crippen LogP) is 1.87. The minimum Gasteiger partial charge on any atom is -0.368 e. The van der Waals surface area contributed by atoms with E-state index in [9.17, 15) is 0 Å². The summed E-state index contributed by atoms with van der Waals surface area (Å²) in [7, 11) is 0. The highest BCUT2D eigenvalue weighted by Gasteiger charge is 2.20. The number of aromatic nitrogens is 5. The Hall–Kier alpha value is -2.32. The van der Waals surface area contributed by atoms with E-state index in [0.717, 1.165) is 42.7 Å². The van der Waals surface area contributed by atoms with Crippen LogP contribution in [0.5, 0.6) is 0 Å². The first-order chi connectivity index (χ1) is 11.7. The number of ether oxygens (including phenoxy) is 1. The van der Waals surface area contributed by atoms with Crippen molar-refractivity contribution >= 4 is 5.65 Å². The fourth-order valence-electron chi connectivity index (χ4n) is 3.01. The molecule has 0 aromatic carbocycles. The fourth-order valence-corrected chi connectivity index (χ4v) is 3.01. The number of nitrogens with two attached hydrogens (primary N) is 1. The molecule has 0 spiro atoms. The van der Waals surface area contributed by atoms with Gasteiger partial charge < -0.3 is 15.0 Å². The molecule has 1 fully saturated rings. The number of hydrogen-bond acceptors (Lipinski definition) is 7. The van der Waals surface area contributed by atoms with Gasteiger partial charge >= 0.3 is 0 Å². The third-order valence-corrected chi connectivity index (χ3v) is 4.46. The summed E-state index contributed by atoms with van der Waals surface area (Å²) < 4.78 is 13.1. The summed E-state index contributed by atoms with van der Waals surface area (Å²) in [5.74, 6) is 1.84. The van der Waals surface area contributed by atoms with Crippen LogP contribution in [-0.4, -0.2) is 36.9 Å². The van der Waals surface area contributed by atoms with E-state index in [2.05, 4.69) is 20.3 Å². The number of aryl methyl sites for hydroxylation is 1. The van der Waals surface area contributed by atoms with Crippen LogP contribution in [-0.2, 0) is 11.3 Å². The second kappa shape index (κ2) is 6.29. The zero-order valence-electron chi connectivity index (χ0n) is 13.6. The average Bonchev–Trinajstić information content (AvgIpc) is 3.21. The molecule has 126 valence electrons. The standard InChI is InChI=1S/C16H20N6O2/c1-10-19-20-14-7-2-11(8-22(10)14)16-18-15(24-21-16)9-23-13-5-3-12(17)4-6-13/h2,7-8,12-13H,3-6,9,17H2,1H3. The van der Waals surface area contributed by atoms with Crippen molar-refractivity contribution in [3.05, 3.63) is 30.0 Å². The minimum absolute atomic E-state index is 0.233. The van der Waals surface area contributed by atoms with Crippen LogP contribution in [0.3, 0.4) is 0 Å². The number of hydrogen-bond donors (Lipinski definition) is 1.